The molecule has 0 bridgehead atoms. The average molecular weight is 310 g/mol. The lowest BCUT2D eigenvalue weighted by atomic mass is 9.91. The van der Waals surface area contributed by atoms with Crippen molar-refractivity contribution in [3.8, 4) is 0 Å². The third-order valence-electron chi connectivity index (χ3n) is 3.69. The van der Waals surface area contributed by atoms with Crippen molar-refractivity contribution in [2.24, 2.45) is 10.3 Å². The van der Waals surface area contributed by atoms with Crippen LogP contribution in [-0.2, 0) is 11.4 Å². The quantitative estimate of drug-likeness (QED) is 0.510. The Kier molecular flexibility index (Phi) is 4.94. The van der Waals surface area contributed by atoms with Crippen molar-refractivity contribution in [3.63, 3.8) is 0 Å². The van der Waals surface area contributed by atoms with E-state index in [1.54, 1.807) is 18.3 Å². The van der Waals surface area contributed by atoms with Gasteiger partial charge in [-0.3, -0.25) is 0 Å². The molecule has 2 N–H and O–H groups in total. The second kappa shape index (κ2) is 6.36. The van der Waals surface area contributed by atoms with E-state index in [4.69, 9.17) is 5.73 Å². The minimum atomic E-state index is -1.23. The summed E-state index contributed by atoms with van der Waals surface area (Å²) in [5.74, 6) is 0.508. The Hall–Kier alpha value is -1.07. The predicted molar refractivity (Wildman–Crippen MR) is 87.3 cm³/mol. The molecule has 0 aliphatic heterocycles. The van der Waals surface area contributed by atoms with Crippen molar-refractivity contribution >= 4 is 23.3 Å². The van der Waals surface area contributed by atoms with Gasteiger partial charge in [0.15, 0.2) is 0 Å². The molecule has 1 fully saturated rings. The van der Waals surface area contributed by atoms with Gasteiger partial charge in [-0.1, -0.05) is 10.5 Å². The number of halogens is 1. The minimum absolute atomic E-state index is 0.188. The van der Waals surface area contributed by atoms with Gasteiger partial charge in [-0.2, -0.15) is 0 Å². The van der Waals surface area contributed by atoms with Crippen LogP contribution in [0.3, 0.4) is 0 Å². The van der Waals surface area contributed by atoms with Gasteiger partial charge in [-0.25, -0.2) is 4.39 Å². The second-order valence-corrected chi connectivity index (χ2v) is 8.54. The van der Waals surface area contributed by atoms with Gasteiger partial charge in [0.2, 0.25) is 0 Å². The lowest BCUT2D eigenvalue weighted by molar-refractivity contribution is 0.561. The molecule has 0 saturated heterocycles. The molecule has 1 aliphatic carbocycles. The van der Waals surface area contributed by atoms with E-state index < -0.39 is 11.4 Å². The molecule has 1 aromatic rings. The monoisotopic (exact) mass is 310 g/mol. The summed E-state index contributed by atoms with van der Waals surface area (Å²) in [6.07, 6.45) is 4.83. The van der Waals surface area contributed by atoms with E-state index in [0.29, 0.717) is 5.92 Å². The lowest BCUT2D eigenvalue weighted by Crippen LogP contribution is -2.25. The molecule has 0 amide bonds. The van der Waals surface area contributed by atoms with E-state index in [1.165, 1.54) is 18.9 Å². The first kappa shape index (κ1) is 16.3. The normalized spacial score (nSPS) is 18.9. The highest BCUT2D eigenvalue weighted by Gasteiger charge is 2.32. The highest BCUT2D eigenvalue weighted by atomic mass is 32.2. The zero-order chi connectivity index (χ0) is 15.6. The van der Waals surface area contributed by atoms with E-state index in [1.807, 2.05) is 20.8 Å². The Morgan fingerprint density at radius 3 is 2.67 bits per heavy atom. The first-order valence-electron chi connectivity index (χ1n) is 7.28. The van der Waals surface area contributed by atoms with E-state index in [0.717, 1.165) is 12.0 Å². The standard InChI is InChI=1S/C16H23FN2OS/c1-16(2,3)21(20)19-9-8-13(11-4-5-11)12-6-7-14(17)15(18)10-12/h6-7,9-11,13H,4-5,8,18H2,1-3H3. The number of nitrogen functional groups attached to an aromatic ring is 1. The number of nitrogens with zero attached hydrogens (tertiary/aromatic N) is 1. The summed E-state index contributed by atoms with van der Waals surface area (Å²) in [5.41, 5.74) is 6.89. The van der Waals surface area contributed by atoms with Gasteiger partial charge < -0.3 is 10.3 Å². The Labute approximate surface area is 129 Å². The zero-order valence-corrected chi connectivity index (χ0v) is 13.6. The Morgan fingerprint density at radius 1 is 1.48 bits per heavy atom. The number of rotatable bonds is 5. The van der Waals surface area contributed by atoms with E-state index in [9.17, 15) is 8.94 Å². The smallest absolute Gasteiger partial charge is 0.146 e. The largest absolute Gasteiger partial charge is 0.591 e. The highest BCUT2D eigenvalue weighted by molar-refractivity contribution is 7.91. The number of benzene rings is 1. The summed E-state index contributed by atoms with van der Waals surface area (Å²) in [6, 6.07) is 4.93. The van der Waals surface area contributed by atoms with Crippen LogP contribution in [-0.4, -0.2) is 15.5 Å². The maximum absolute atomic E-state index is 13.3. The van der Waals surface area contributed by atoms with Crippen LogP contribution in [0.15, 0.2) is 22.6 Å². The molecule has 1 aromatic carbocycles. The van der Waals surface area contributed by atoms with Gasteiger partial charge in [-0.15, -0.1) is 0 Å². The maximum Gasteiger partial charge on any atom is 0.146 e. The summed E-state index contributed by atoms with van der Waals surface area (Å²) in [4.78, 5) is 0. The molecular formula is C16H23FN2OS. The van der Waals surface area contributed by atoms with Crippen molar-refractivity contribution in [3.05, 3.63) is 29.6 Å². The van der Waals surface area contributed by atoms with Gasteiger partial charge in [0, 0.05) is 0 Å². The summed E-state index contributed by atoms with van der Waals surface area (Å²) in [7, 11) is 0. The molecule has 0 spiro atoms. The van der Waals surface area contributed by atoms with Crippen LogP contribution in [0.5, 0.6) is 0 Å². The molecule has 2 unspecified atom stereocenters. The summed E-state index contributed by atoms with van der Waals surface area (Å²) in [5, 5.41) is 0. The average Bonchev–Trinajstić information content (AvgIpc) is 3.21. The lowest BCUT2D eigenvalue weighted by Gasteiger charge is -2.19. The van der Waals surface area contributed by atoms with Crippen molar-refractivity contribution < 1.29 is 8.94 Å². The van der Waals surface area contributed by atoms with Crippen molar-refractivity contribution in [1.82, 2.24) is 0 Å². The number of nitrogens with two attached hydrogens (primary N) is 1. The van der Waals surface area contributed by atoms with Crippen LogP contribution in [0.4, 0.5) is 10.1 Å². The molecule has 5 heteroatoms. The molecule has 21 heavy (non-hydrogen) atoms. The molecule has 0 radical (unpaired) electrons. The van der Waals surface area contributed by atoms with Crippen LogP contribution in [0.1, 0.15) is 51.5 Å². The zero-order valence-electron chi connectivity index (χ0n) is 12.8. The summed E-state index contributed by atoms with van der Waals surface area (Å²) in [6.45, 7) is 5.71. The molecule has 3 nitrogen and oxygen atoms in total. The van der Waals surface area contributed by atoms with E-state index >= 15 is 0 Å². The first-order chi connectivity index (χ1) is 9.79. The number of hydrogen-bond donors (Lipinski definition) is 1. The SMILES string of the molecule is CC(C)(C)[S+]([O-])N=CCC(c1ccc(F)c(N)c1)C1CC1. The highest BCUT2D eigenvalue weighted by Crippen LogP contribution is 2.44. The molecule has 116 valence electrons. The second-order valence-electron chi connectivity index (χ2n) is 6.61. The number of anilines is 1. The first-order valence-corrected chi connectivity index (χ1v) is 8.39. The molecule has 0 heterocycles. The van der Waals surface area contributed by atoms with E-state index in [-0.39, 0.29) is 22.2 Å². The van der Waals surface area contributed by atoms with Crippen LogP contribution >= 0.6 is 0 Å². The number of hydrogen-bond acceptors (Lipinski definition) is 3. The maximum atomic E-state index is 13.3. The van der Waals surface area contributed by atoms with Gasteiger partial charge in [0.25, 0.3) is 0 Å². The molecule has 2 rings (SSSR count). The van der Waals surface area contributed by atoms with E-state index in [2.05, 4.69) is 4.40 Å². The topological polar surface area (TPSA) is 61.4 Å². The van der Waals surface area contributed by atoms with Crippen molar-refractivity contribution in [2.45, 2.75) is 50.7 Å². The third kappa shape index (κ3) is 4.45. The molecule has 1 saturated carbocycles. The molecule has 2 atom stereocenters. The molecule has 1 aliphatic rings. The minimum Gasteiger partial charge on any atom is -0.591 e. The summed E-state index contributed by atoms with van der Waals surface area (Å²) < 4.78 is 29.0. The fourth-order valence-corrected chi connectivity index (χ4v) is 2.81. The van der Waals surface area contributed by atoms with Gasteiger partial charge in [0.05, 0.1) is 11.9 Å². The van der Waals surface area contributed by atoms with Gasteiger partial charge >= 0.3 is 0 Å². The van der Waals surface area contributed by atoms with Crippen molar-refractivity contribution in [2.75, 3.05) is 5.73 Å². The molecule has 0 aromatic heterocycles. The predicted octanol–water partition coefficient (Wildman–Crippen LogP) is 3.82. The van der Waals surface area contributed by atoms with Gasteiger partial charge in [-0.05, 0) is 69.6 Å². The summed E-state index contributed by atoms with van der Waals surface area (Å²) >= 11 is -1.23. The van der Waals surface area contributed by atoms with Gasteiger partial charge in [0.1, 0.15) is 21.9 Å². The van der Waals surface area contributed by atoms with Crippen LogP contribution in [0.2, 0.25) is 0 Å². The Balaban J connectivity index is 2.06. The van der Waals surface area contributed by atoms with Crippen LogP contribution in [0.25, 0.3) is 0 Å². The molecular weight excluding hydrogens is 287 g/mol. The van der Waals surface area contributed by atoms with Crippen LogP contribution in [0, 0.1) is 11.7 Å². The Bertz CT molecular complexity index is 523. The van der Waals surface area contributed by atoms with Crippen molar-refractivity contribution in [1.29, 1.82) is 0 Å². The third-order valence-corrected chi connectivity index (χ3v) is 5.08. The van der Waals surface area contributed by atoms with Crippen LogP contribution < -0.4 is 5.73 Å². The fraction of sp³-hybridized carbons (Fsp3) is 0.562. The fourth-order valence-electron chi connectivity index (χ4n) is 2.27. The Morgan fingerprint density at radius 2 is 2.14 bits per heavy atom.